The largest absolute Gasteiger partial charge is 0.495 e. The summed E-state index contributed by atoms with van der Waals surface area (Å²) in [7, 11) is 1.72. The lowest BCUT2D eigenvalue weighted by molar-refractivity contribution is 0.235. The van der Waals surface area contributed by atoms with E-state index in [2.05, 4.69) is 60.7 Å². The summed E-state index contributed by atoms with van der Waals surface area (Å²) in [6.45, 7) is 6.09. The number of methoxy groups -OCH3 is 1. The average Bonchev–Trinajstić information content (AvgIpc) is 2.92. The first-order valence-electron chi connectivity index (χ1n) is 12.3. The topological polar surface area (TPSA) is 60.1 Å². The van der Waals surface area contributed by atoms with Gasteiger partial charge in [0.1, 0.15) is 5.75 Å². The molecule has 190 valence electrons. The van der Waals surface area contributed by atoms with Gasteiger partial charge in [-0.1, -0.05) is 58.4 Å². The molecule has 36 heavy (non-hydrogen) atoms. The number of nitrogens with one attached hydrogen (secondary N) is 2. The second-order valence-corrected chi connectivity index (χ2v) is 9.69. The molecular formula is C28H34BrN5O2. The van der Waals surface area contributed by atoms with E-state index < -0.39 is 0 Å². The second kappa shape index (κ2) is 13.2. The molecule has 0 aromatic heterocycles. The van der Waals surface area contributed by atoms with Gasteiger partial charge in [-0.2, -0.15) is 0 Å². The Morgan fingerprint density at radius 2 is 1.64 bits per heavy atom. The van der Waals surface area contributed by atoms with Gasteiger partial charge in [0, 0.05) is 37.2 Å². The van der Waals surface area contributed by atoms with Gasteiger partial charge in [-0.25, -0.2) is 10.2 Å². The van der Waals surface area contributed by atoms with Gasteiger partial charge in [-0.05, 0) is 54.9 Å². The summed E-state index contributed by atoms with van der Waals surface area (Å²) in [5.41, 5.74) is 6.21. The van der Waals surface area contributed by atoms with Crippen LogP contribution in [0, 0.1) is 0 Å². The lowest BCUT2D eigenvalue weighted by Gasteiger charge is -2.36. The molecule has 1 saturated heterocycles. The van der Waals surface area contributed by atoms with Crippen LogP contribution >= 0.6 is 15.9 Å². The predicted octanol–water partition coefficient (Wildman–Crippen LogP) is 4.89. The third kappa shape index (κ3) is 7.38. The summed E-state index contributed by atoms with van der Waals surface area (Å²) >= 11 is 3.48. The monoisotopic (exact) mass is 551 g/mol. The van der Waals surface area contributed by atoms with Gasteiger partial charge in [0.25, 0.3) is 0 Å². The van der Waals surface area contributed by atoms with Crippen molar-refractivity contribution in [3.63, 3.8) is 0 Å². The van der Waals surface area contributed by atoms with Crippen molar-refractivity contribution >= 4 is 33.3 Å². The average molecular weight is 553 g/mol. The van der Waals surface area contributed by atoms with Crippen molar-refractivity contribution in [2.24, 2.45) is 0 Å². The minimum atomic E-state index is -0.199. The van der Waals surface area contributed by atoms with Crippen LogP contribution in [0.25, 0.3) is 0 Å². The summed E-state index contributed by atoms with van der Waals surface area (Å²) in [4.78, 5) is 17.5. The molecule has 0 atom stereocenters. The standard InChI is InChI=1S/C28H34BrN5O2/c1-36-27-11-6-5-10-26(27)33-20-18-32(19-21-33)17-7-16-30-28(35)31-34(22-23-8-3-2-4-9-23)25-14-12-24(29)13-15-25/h2-6,8-15H,7,16-22H2,1H3,(H2,30,31,35). The van der Waals surface area contributed by atoms with E-state index in [1.807, 2.05) is 59.6 Å². The fourth-order valence-corrected chi connectivity index (χ4v) is 4.62. The second-order valence-electron chi connectivity index (χ2n) is 8.77. The first-order valence-corrected chi connectivity index (χ1v) is 13.1. The molecular weight excluding hydrogens is 518 g/mol. The number of ether oxygens (including phenoxy) is 1. The van der Waals surface area contributed by atoms with Crippen LogP contribution in [-0.4, -0.2) is 57.3 Å². The maximum atomic E-state index is 12.7. The Bertz CT molecular complexity index is 1090. The van der Waals surface area contributed by atoms with Crippen LogP contribution in [0.3, 0.4) is 0 Å². The Balaban J connectivity index is 1.21. The molecule has 4 rings (SSSR count). The normalized spacial score (nSPS) is 13.8. The molecule has 1 aliphatic heterocycles. The summed E-state index contributed by atoms with van der Waals surface area (Å²) in [5, 5.41) is 4.88. The molecule has 1 aliphatic rings. The number of carbonyl (C=O) groups is 1. The molecule has 0 unspecified atom stereocenters. The number of nitrogens with zero attached hydrogens (tertiary/aromatic N) is 3. The maximum absolute atomic E-state index is 12.7. The van der Waals surface area contributed by atoms with Crippen LogP contribution in [0.4, 0.5) is 16.2 Å². The lowest BCUT2D eigenvalue weighted by atomic mass is 10.2. The van der Waals surface area contributed by atoms with E-state index in [1.165, 1.54) is 0 Å². The van der Waals surface area contributed by atoms with Gasteiger partial charge >= 0.3 is 6.03 Å². The number of hydrogen-bond donors (Lipinski definition) is 2. The molecule has 2 N–H and O–H groups in total. The van der Waals surface area contributed by atoms with Crippen molar-refractivity contribution in [2.45, 2.75) is 13.0 Å². The number of para-hydroxylation sites is 2. The lowest BCUT2D eigenvalue weighted by Crippen LogP contribution is -2.48. The predicted molar refractivity (Wildman–Crippen MR) is 150 cm³/mol. The van der Waals surface area contributed by atoms with E-state index in [0.29, 0.717) is 13.1 Å². The number of hydrogen-bond acceptors (Lipinski definition) is 5. The molecule has 8 heteroatoms. The number of urea groups is 1. The van der Waals surface area contributed by atoms with Crippen LogP contribution in [0.1, 0.15) is 12.0 Å². The molecule has 2 amide bonds. The minimum Gasteiger partial charge on any atom is -0.495 e. The minimum absolute atomic E-state index is 0.199. The Morgan fingerprint density at radius 3 is 2.36 bits per heavy atom. The zero-order valence-electron chi connectivity index (χ0n) is 20.7. The maximum Gasteiger partial charge on any atom is 0.333 e. The Morgan fingerprint density at radius 1 is 0.944 bits per heavy atom. The quantitative estimate of drug-likeness (QED) is 0.277. The Kier molecular flexibility index (Phi) is 9.47. The fourth-order valence-electron chi connectivity index (χ4n) is 4.35. The van der Waals surface area contributed by atoms with Gasteiger partial charge in [0.15, 0.2) is 0 Å². The summed E-state index contributed by atoms with van der Waals surface area (Å²) in [5.74, 6) is 0.922. The molecule has 7 nitrogen and oxygen atoms in total. The van der Waals surface area contributed by atoms with Crippen LogP contribution in [-0.2, 0) is 6.54 Å². The van der Waals surface area contributed by atoms with Crippen molar-refractivity contribution in [3.8, 4) is 5.75 Å². The van der Waals surface area contributed by atoms with Crippen molar-refractivity contribution in [2.75, 3.05) is 56.3 Å². The van der Waals surface area contributed by atoms with E-state index in [-0.39, 0.29) is 6.03 Å². The van der Waals surface area contributed by atoms with Crippen molar-refractivity contribution in [1.29, 1.82) is 0 Å². The van der Waals surface area contributed by atoms with Crippen LogP contribution in [0.15, 0.2) is 83.3 Å². The number of halogens is 1. The van der Waals surface area contributed by atoms with Gasteiger partial charge in [0.2, 0.25) is 0 Å². The molecule has 0 aliphatic carbocycles. The molecule has 0 spiro atoms. The van der Waals surface area contributed by atoms with Gasteiger partial charge < -0.3 is 15.0 Å². The van der Waals surface area contributed by atoms with Crippen molar-refractivity contribution in [3.05, 3.63) is 88.9 Å². The Labute approximate surface area is 222 Å². The first kappa shape index (κ1) is 25.9. The molecule has 1 heterocycles. The van der Waals surface area contributed by atoms with Gasteiger partial charge in [0.05, 0.1) is 25.0 Å². The van der Waals surface area contributed by atoms with Crippen LogP contribution in [0.5, 0.6) is 5.75 Å². The first-order chi connectivity index (χ1) is 17.6. The highest BCUT2D eigenvalue weighted by Crippen LogP contribution is 2.28. The number of rotatable bonds is 10. The highest BCUT2D eigenvalue weighted by atomic mass is 79.9. The summed E-state index contributed by atoms with van der Waals surface area (Å²) in [6.07, 6.45) is 0.902. The smallest absolute Gasteiger partial charge is 0.333 e. The zero-order valence-corrected chi connectivity index (χ0v) is 22.3. The number of piperazine rings is 1. The molecule has 3 aromatic carbocycles. The van der Waals surface area contributed by atoms with E-state index in [4.69, 9.17) is 4.74 Å². The summed E-state index contributed by atoms with van der Waals surface area (Å²) < 4.78 is 6.51. The molecule has 0 saturated carbocycles. The van der Waals surface area contributed by atoms with E-state index >= 15 is 0 Å². The fraction of sp³-hybridized carbons (Fsp3) is 0.321. The number of amides is 2. The molecule has 1 fully saturated rings. The number of anilines is 2. The van der Waals surface area contributed by atoms with Crippen LogP contribution in [0.2, 0.25) is 0 Å². The van der Waals surface area contributed by atoms with Crippen molar-refractivity contribution in [1.82, 2.24) is 15.6 Å². The zero-order chi connectivity index (χ0) is 25.2. The third-order valence-electron chi connectivity index (χ3n) is 6.29. The molecule has 3 aromatic rings. The molecule has 0 bridgehead atoms. The van der Waals surface area contributed by atoms with Gasteiger partial charge in [-0.3, -0.25) is 9.91 Å². The molecule has 0 radical (unpaired) electrons. The summed E-state index contributed by atoms with van der Waals surface area (Å²) in [6, 6.07) is 26.0. The Hall–Kier alpha value is -3.23. The number of benzene rings is 3. The van der Waals surface area contributed by atoms with E-state index in [1.54, 1.807) is 7.11 Å². The van der Waals surface area contributed by atoms with E-state index in [9.17, 15) is 4.79 Å². The SMILES string of the molecule is COc1ccccc1N1CCN(CCCNC(=O)NN(Cc2ccccc2)c2ccc(Br)cc2)CC1. The number of carbonyl (C=O) groups excluding carboxylic acids is 1. The van der Waals surface area contributed by atoms with Crippen molar-refractivity contribution < 1.29 is 9.53 Å². The van der Waals surface area contributed by atoms with E-state index in [0.717, 1.165) is 66.3 Å². The number of hydrazine groups is 1. The highest BCUT2D eigenvalue weighted by Gasteiger charge is 2.19. The van der Waals surface area contributed by atoms with Gasteiger partial charge in [-0.15, -0.1) is 0 Å². The van der Waals surface area contributed by atoms with Crippen LogP contribution < -0.4 is 25.4 Å². The highest BCUT2D eigenvalue weighted by molar-refractivity contribution is 9.10. The third-order valence-corrected chi connectivity index (χ3v) is 6.82.